The van der Waals surface area contributed by atoms with E-state index in [0.717, 1.165) is 12.2 Å². The Hall–Kier alpha value is -1.02. The lowest BCUT2D eigenvalue weighted by molar-refractivity contribution is 0.0851. The molecular weight excluding hydrogens is 200 g/mol. The van der Waals surface area contributed by atoms with E-state index in [1.165, 1.54) is 11.1 Å². The fourth-order valence-corrected chi connectivity index (χ4v) is 2.19. The Labute approximate surface area is 97.6 Å². The fourth-order valence-electron chi connectivity index (χ4n) is 2.19. The van der Waals surface area contributed by atoms with Crippen LogP contribution in [0.2, 0.25) is 0 Å². The highest BCUT2D eigenvalue weighted by atomic mass is 16.8. The standard InChI is InChI=1S/C12H14O2.C2H6/c1-8-4-5-10-9(6-8)7-12(13-10)11(2,3)14-12;1-2/h4-6H,7H2,1-3H3;1-2H3. The van der Waals surface area contributed by atoms with Gasteiger partial charge in [-0.2, -0.15) is 0 Å². The molecule has 1 spiro atoms. The van der Waals surface area contributed by atoms with Gasteiger partial charge in [-0.1, -0.05) is 31.5 Å². The maximum atomic E-state index is 5.85. The Kier molecular flexibility index (Phi) is 2.50. The van der Waals surface area contributed by atoms with Crippen molar-refractivity contribution in [3.8, 4) is 5.75 Å². The van der Waals surface area contributed by atoms with Crippen molar-refractivity contribution in [2.75, 3.05) is 0 Å². The van der Waals surface area contributed by atoms with Crippen LogP contribution in [0.1, 0.15) is 38.8 Å². The summed E-state index contributed by atoms with van der Waals surface area (Å²) in [5, 5.41) is 0. The van der Waals surface area contributed by atoms with Crippen molar-refractivity contribution in [1.29, 1.82) is 0 Å². The molecule has 0 saturated carbocycles. The minimum Gasteiger partial charge on any atom is -0.459 e. The zero-order valence-corrected chi connectivity index (χ0v) is 10.8. The smallest absolute Gasteiger partial charge is 0.244 e. The van der Waals surface area contributed by atoms with Crippen LogP contribution in [0.4, 0.5) is 0 Å². The van der Waals surface area contributed by atoms with E-state index in [9.17, 15) is 0 Å². The molecule has 0 aliphatic carbocycles. The Morgan fingerprint density at radius 3 is 2.38 bits per heavy atom. The number of hydrogen-bond acceptors (Lipinski definition) is 2. The van der Waals surface area contributed by atoms with Crippen LogP contribution in [0.3, 0.4) is 0 Å². The Morgan fingerprint density at radius 1 is 1.19 bits per heavy atom. The molecule has 1 saturated heterocycles. The van der Waals surface area contributed by atoms with Crippen molar-refractivity contribution in [3.63, 3.8) is 0 Å². The minimum absolute atomic E-state index is 0.125. The van der Waals surface area contributed by atoms with Crippen molar-refractivity contribution < 1.29 is 9.47 Å². The minimum atomic E-state index is -0.358. The summed E-state index contributed by atoms with van der Waals surface area (Å²) in [6, 6.07) is 6.30. The van der Waals surface area contributed by atoms with Gasteiger partial charge in [0.25, 0.3) is 0 Å². The first-order valence-electron chi connectivity index (χ1n) is 6.01. The summed E-state index contributed by atoms with van der Waals surface area (Å²) in [7, 11) is 0. The summed E-state index contributed by atoms with van der Waals surface area (Å²) in [5.41, 5.74) is 2.43. The Morgan fingerprint density at radius 2 is 1.81 bits per heavy atom. The molecule has 1 aromatic rings. The van der Waals surface area contributed by atoms with Gasteiger partial charge in [-0.15, -0.1) is 0 Å². The SMILES string of the molecule is CC.Cc1ccc2c(c1)CC1(O2)OC1(C)C. The zero-order chi connectivity index (χ0) is 12.0. The largest absolute Gasteiger partial charge is 0.459 e. The van der Waals surface area contributed by atoms with Gasteiger partial charge in [0, 0.05) is 12.0 Å². The molecule has 0 aromatic heterocycles. The second kappa shape index (κ2) is 3.49. The van der Waals surface area contributed by atoms with Gasteiger partial charge in [0.1, 0.15) is 11.4 Å². The molecule has 1 fully saturated rings. The van der Waals surface area contributed by atoms with E-state index >= 15 is 0 Å². The first-order valence-corrected chi connectivity index (χ1v) is 6.01. The topological polar surface area (TPSA) is 21.8 Å². The van der Waals surface area contributed by atoms with E-state index in [4.69, 9.17) is 9.47 Å². The van der Waals surface area contributed by atoms with Gasteiger partial charge in [0.15, 0.2) is 0 Å². The molecule has 2 heteroatoms. The molecule has 0 amide bonds. The second-order valence-electron chi connectivity index (χ2n) is 4.76. The third-order valence-electron chi connectivity index (χ3n) is 3.21. The molecule has 2 nitrogen and oxygen atoms in total. The molecule has 0 bridgehead atoms. The second-order valence-corrected chi connectivity index (χ2v) is 4.76. The van der Waals surface area contributed by atoms with Crippen LogP contribution in [-0.4, -0.2) is 11.4 Å². The van der Waals surface area contributed by atoms with Gasteiger partial charge < -0.3 is 9.47 Å². The fraction of sp³-hybridized carbons (Fsp3) is 0.571. The highest BCUT2D eigenvalue weighted by molar-refractivity contribution is 5.43. The molecule has 16 heavy (non-hydrogen) atoms. The lowest BCUT2D eigenvalue weighted by Gasteiger charge is -2.06. The van der Waals surface area contributed by atoms with Crippen LogP contribution in [0.15, 0.2) is 18.2 Å². The van der Waals surface area contributed by atoms with Gasteiger partial charge in [0.05, 0.1) is 0 Å². The van der Waals surface area contributed by atoms with Crippen molar-refractivity contribution in [1.82, 2.24) is 0 Å². The van der Waals surface area contributed by atoms with E-state index in [-0.39, 0.29) is 11.4 Å². The van der Waals surface area contributed by atoms with Gasteiger partial charge >= 0.3 is 0 Å². The van der Waals surface area contributed by atoms with Crippen LogP contribution in [-0.2, 0) is 11.2 Å². The summed E-state index contributed by atoms with van der Waals surface area (Å²) in [4.78, 5) is 0. The van der Waals surface area contributed by atoms with Gasteiger partial charge in [-0.3, -0.25) is 0 Å². The van der Waals surface area contributed by atoms with Crippen LogP contribution in [0.5, 0.6) is 5.75 Å². The quantitative estimate of drug-likeness (QED) is 0.624. The first kappa shape index (κ1) is 11.5. The van der Waals surface area contributed by atoms with E-state index in [1.807, 2.05) is 19.9 Å². The maximum absolute atomic E-state index is 5.85. The van der Waals surface area contributed by atoms with E-state index in [2.05, 4.69) is 32.9 Å². The monoisotopic (exact) mass is 220 g/mol. The predicted octanol–water partition coefficient (Wildman–Crippen LogP) is 3.46. The molecule has 88 valence electrons. The molecule has 1 atom stereocenters. The third-order valence-corrected chi connectivity index (χ3v) is 3.21. The summed E-state index contributed by atoms with van der Waals surface area (Å²) in [5.74, 6) is 0.629. The highest BCUT2D eigenvalue weighted by Crippen LogP contribution is 2.55. The molecule has 3 rings (SSSR count). The summed E-state index contributed by atoms with van der Waals surface area (Å²) in [6.07, 6.45) is 0.886. The van der Waals surface area contributed by atoms with Crippen molar-refractivity contribution in [3.05, 3.63) is 29.3 Å². The lowest BCUT2D eigenvalue weighted by Crippen LogP contribution is -2.25. The van der Waals surface area contributed by atoms with Gasteiger partial charge in [-0.25, -0.2) is 0 Å². The summed E-state index contributed by atoms with van der Waals surface area (Å²) >= 11 is 0. The maximum Gasteiger partial charge on any atom is 0.244 e. The third kappa shape index (κ3) is 1.52. The van der Waals surface area contributed by atoms with Crippen LogP contribution in [0.25, 0.3) is 0 Å². The number of benzene rings is 1. The summed E-state index contributed by atoms with van der Waals surface area (Å²) in [6.45, 7) is 10.3. The molecule has 0 radical (unpaired) electrons. The number of rotatable bonds is 0. The molecule has 2 aliphatic rings. The number of aryl methyl sites for hydroxylation is 1. The molecule has 2 aliphatic heterocycles. The number of epoxide rings is 1. The van der Waals surface area contributed by atoms with Crippen molar-refractivity contribution >= 4 is 0 Å². The zero-order valence-electron chi connectivity index (χ0n) is 10.8. The summed E-state index contributed by atoms with van der Waals surface area (Å²) < 4.78 is 11.5. The highest BCUT2D eigenvalue weighted by Gasteiger charge is 2.69. The molecular formula is C14H20O2. The molecule has 0 N–H and O–H groups in total. The number of ether oxygens (including phenoxy) is 2. The normalized spacial score (nSPS) is 27.8. The number of fused-ring (bicyclic) bond motifs is 1. The van der Waals surface area contributed by atoms with Crippen molar-refractivity contribution in [2.45, 2.75) is 52.4 Å². The van der Waals surface area contributed by atoms with Gasteiger partial charge in [0.2, 0.25) is 5.79 Å². The van der Waals surface area contributed by atoms with Crippen LogP contribution < -0.4 is 4.74 Å². The van der Waals surface area contributed by atoms with Crippen LogP contribution in [0, 0.1) is 6.92 Å². The first-order chi connectivity index (χ1) is 7.52. The number of hydrogen-bond donors (Lipinski definition) is 0. The average molecular weight is 220 g/mol. The van der Waals surface area contributed by atoms with E-state index in [1.54, 1.807) is 0 Å². The van der Waals surface area contributed by atoms with E-state index in [0.29, 0.717) is 0 Å². The Balaban J connectivity index is 0.000000457. The van der Waals surface area contributed by atoms with E-state index < -0.39 is 0 Å². The molecule has 1 aromatic carbocycles. The average Bonchev–Trinajstić information content (AvgIpc) is 2.58. The van der Waals surface area contributed by atoms with Crippen molar-refractivity contribution in [2.24, 2.45) is 0 Å². The lowest BCUT2D eigenvalue weighted by atomic mass is 10.0. The predicted molar refractivity (Wildman–Crippen MR) is 64.8 cm³/mol. The van der Waals surface area contributed by atoms with Crippen LogP contribution >= 0.6 is 0 Å². The molecule has 1 unspecified atom stereocenters. The van der Waals surface area contributed by atoms with Gasteiger partial charge in [-0.05, 0) is 26.8 Å². The Bertz CT molecular complexity index is 409. The molecule has 2 heterocycles.